The summed E-state index contributed by atoms with van der Waals surface area (Å²) in [6.45, 7) is 11.1. The summed E-state index contributed by atoms with van der Waals surface area (Å²) in [5.41, 5.74) is 9.31. The molecule has 0 saturated heterocycles. The summed E-state index contributed by atoms with van der Waals surface area (Å²) >= 11 is 0. The number of benzene rings is 4. The van der Waals surface area contributed by atoms with Gasteiger partial charge in [0.2, 0.25) is 0 Å². The summed E-state index contributed by atoms with van der Waals surface area (Å²) in [7, 11) is 0. The second kappa shape index (κ2) is 8.48. The third-order valence-corrected chi connectivity index (χ3v) is 7.40. The van der Waals surface area contributed by atoms with E-state index in [1.54, 1.807) is 0 Å². The van der Waals surface area contributed by atoms with Gasteiger partial charge in [-0.2, -0.15) is 0 Å². The molecule has 4 aromatic carbocycles. The van der Waals surface area contributed by atoms with Crippen molar-refractivity contribution in [2.45, 2.75) is 45.4 Å². The fourth-order valence-electron chi connectivity index (χ4n) is 5.37. The quantitative estimate of drug-likeness (QED) is 0.259. The first-order valence-electron chi connectivity index (χ1n) is 12.9. The highest BCUT2D eigenvalue weighted by atomic mass is 15.0. The van der Waals surface area contributed by atoms with Crippen LogP contribution in [0.3, 0.4) is 0 Å². The molecule has 1 heterocycles. The number of nitrogens with zero attached hydrogens (tertiary/aromatic N) is 3. The van der Waals surface area contributed by atoms with Gasteiger partial charge in [0, 0.05) is 22.0 Å². The van der Waals surface area contributed by atoms with Crippen LogP contribution < -0.4 is 0 Å². The van der Waals surface area contributed by atoms with Gasteiger partial charge in [-0.15, -0.1) is 0 Å². The lowest BCUT2D eigenvalue weighted by Crippen LogP contribution is -2.18. The number of aromatic nitrogens is 3. The first-order valence-corrected chi connectivity index (χ1v) is 12.9. The van der Waals surface area contributed by atoms with Gasteiger partial charge in [-0.25, -0.2) is 15.0 Å². The zero-order chi connectivity index (χ0) is 25.8. The van der Waals surface area contributed by atoms with Crippen molar-refractivity contribution >= 4 is 0 Å². The van der Waals surface area contributed by atoms with Crippen molar-refractivity contribution in [2.24, 2.45) is 0 Å². The monoisotopic (exact) mass is 481 g/mol. The molecule has 0 atom stereocenters. The Morgan fingerprint density at radius 1 is 0.514 bits per heavy atom. The van der Waals surface area contributed by atoms with Gasteiger partial charge < -0.3 is 0 Å². The maximum Gasteiger partial charge on any atom is 0.164 e. The van der Waals surface area contributed by atoms with Crippen molar-refractivity contribution in [3.8, 4) is 45.0 Å². The van der Waals surface area contributed by atoms with Gasteiger partial charge in [0.1, 0.15) is 5.82 Å². The lowest BCUT2D eigenvalue weighted by atomic mass is 9.82. The molecule has 6 rings (SSSR count). The molecule has 182 valence electrons. The van der Waals surface area contributed by atoms with E-state index in [-0.39, 0.29) is 10.8 Å². The lowest BCUT2D eigenvalue weighted by molar-refractivity contribution is 0.543. The Labute approximate surface area is 219 Å². The van der Waals surface area contributed by atoms with Gasteiger partial charge in [0.15, 0.2) is 11.6 Å². The van der Waals surface area contributed by atoms with Crippen LogP contribution in [0.15, 0.2) is 97.1 Å². The highest BCUT2D eigenvalue weighted by Gasteiger charge is 2.35. The molecule has 0 radical (unpaired) electrons. The summed E-state index contributed by atoms with van der Waals surface area (Å²) < 4.78 is 0. The smallest absolute Gasteiger partial charge is 0.164 e. The average Bonchev–Trinajstić information content (AvgIpc) is 3.15. The summed E-state index contributed by atoms with van der Waals surface area (Å²) in [6.07, 6.45) is 0. The van der Waals surface area contributed by atoms with Crippen molar-refractivity contribution in [2.75, 3.05) is 0 Å². The number of rotatable bonds is 3. The van der Waals surface area contributed by atoms with E-state index in [1.807, 2.05) is 6.07 Å². The van der Waals surface area contributed by atoms with E-state index in [0.717, 1.165) is 28.1 Å². The van der Waals surface area contributed by atoms with Crippen LogP contribution in [0.4, 0.5) is 0 Å². The molecule has 0 spiro atoms. The van der Waals surface area contributed by atoms with Crippen LogP contribution in [0.25, 0.3) is 45.0 Å². The first-order chi connectivity index (χ1) is 17.7. The van der Waals surface area contributed by atoms with Gasteiger partial charge in [-0.3, -0.25) is 0 Å². The van der Waals surface area contributed by atoms with E-state index in [2.05, 4.69) is 126 Å². The highest BCUT2D eigenvalue weighted by Crippen LogP contribution is 2.49. The normalized spacial score (nSPS) is 13.8. The van der Waals surface area contributed by atoms with E-state index in [1.165, 1.54) is 22.3 Å². The Morgan fingerprint density at radius 2 is 1.11 bits per heavy atom. The van der Waals surface area contributed by atoms with E-state index in [9.17, 15) is 0 Å². The molecular formula is C34H31N3. The molecule has 0 bridgehead atoms. The van der Waals surface area contributed by atoms with Gasteiger partial charge in [0.05, 0.1) is 0 Å². The Hall–Kier alpha value is -4.11. The summed E-state index contributed by atoms with van der Waals surface area (Å²) in [5.74, 6) is 2.20. The van der Waals surface area contributed by atoms with E-state index >= 15 is 0 Å². The molecule has 5 aromatic rings. The molecule has 1 aliphatic carbocycles. The molecule has 0 aliphatic heterocycles. The molecular weight excluding hydrogens is 450 g/mol. The molecule has 0 N–H and O–H groups in total. The highest BCUT2D eigenvalue weighted by molar-refractivity contribution is 5.84. The van der Waals surface area contributed by atoms with Crippen molar-refractivity contribution in [1.29, 1.82) is 0 Å². The van der Waals surface area contributed by atoms with Crippen LogP contribution >= 0.6 is 0 Å². The standard InChI is InChI=1S/C34H31N3/c1-33(2,3)32-36-30(23-19-20-29-27(21-23)25-16-11-12-18-28(25)34(29,4)5)35-31(37-32)26-17-10-9-15-24(26)22-13-7-6-8-14-22/h6-21H,1-5H3. The fraction of sp³-hybridized carbons (Fsp3) is 0.206. The van der Waals surface area contributed by atoms with Gasteiger partial charge in [-0.05, 0) is 39.4 Å². The first kappa shape index (κ1) is 23.3. The molecule has 1 aliphatic rings. The van der Waals surface area contributed by atoms with Crippen molar-refractivity contribution < 1.29 is 0 Å². The molecule has 0 saturated carbocycles. The number of hydrogen-bond acceptors (Lipinski definition) is 3. The minimum absolute atomic E-state index is 0.0279. The maximum atomic E-state index is 5.07. The molecule has 3 heteroatoms. The SMILES string of the molecule is CC(C)(C)c1nc(-c2ccc3c(c2)-c2ccccc2C3(C)C)nc(-c2ccccc2-c2ccccc2)n1. The zero-order valence-corrected chi connectivity index (χ0v) is 22.1. The van der Waals surface area contributed by atoms with Crippen molar-refractivity contribution in [3.63, 3.8) is 0 Å². The Balaban J connectivity index is 1.55. The van der Waals surface area contributed by atoms with Crippen molar-refractivity contribution in [1.82, 2.24) is 15.0 Å². The Bertz CT molecular complexity index is 1630. The number of fused-ring (bicyclic) bond motifs is 3. The maximum absolute atomic E-state index is 5.07. The fourth-order valence-corrected chi connectivity index (χ4v) is 5.37. The van der Waals surface area contributed by atoms with E-state index in [4.69, 9.17) is 15.0 Å². The Morgan fingerprint density at radius 3 is 1.84 bits per heavy atom. The van der Waals surface area contributed by atoms with E-state index in [0.29, 0.717) is 11.6 Å². The Kier molecular flexibility index (Phi) is 5.34. The minimum Gasteiger partial charge on any atom is -0.212 e. The largest absolute Gasteiger partial charge is 0.212 e. The van der Waals surface area contributed by atoms with Gasteiger partial charge in [-0.1, -0.05) is 126 Å². The topological polar surface area (TPSA) is 38.7 Å². The second-order valence-electron chi connectivity index (χ2n) is 11.4. The van der Waals surface area contributed by atoms with Gasteiger partial charge in [0.25, 0.3) is 0 Å². The molecule has 0 unspecified atom stereocenters. The predicted molar refractivity (Wildman–Crippen MR) is 152 cm³/mol. The van der Waals surface area contributed by atoms with Crippen LogP contribution in [-0.4, -0.2) is 15.0 Å². The second-order valence-corrected chi connectivity index (χ2v) is 11.4. The van der Waals surface area contributed by atoms with Gasteiger partial charge >= 0.3 is 0 Å². The van der Waals surface area contributed by atoms with Crippen LogP contribution in [0.5, 0.6) is 0 Å². The summed E-state index contributed by atoms with van der Waals surface area (Å²) in [5, 5.41) is 0. The predicted octanol–water partition coefficient (Wildman–Crippen LogP) is 8.48. The molecule has 37 heavy (non-hydrogen) atoms. The molecule has 0 amide bonds. The average molecular weight is 482 g/mol. The minimum atomic E-state index is -0.223. The summed E-state index contributed by atoms with van der Waals surface area (Å²) in [4.78, 5) is 15.1. The van der Waals surface area contributed by atoms with Crippen LogP contribution in [0, 0.1) is 0 Å². The molecule has 3 nitrogen and oxygen atoms in total. The molecule has 1 aromatic heterocycles. The van der Waals surface area contributed by atoms with Crippen molar-refractivity contribution in [3.05, 3.63) is 114 Å². The summed E-state index contributed by atoms with van der Waals surface area (Å²) in [6, 6.07) is 34.2. The third kappa shape index (κ3) is 3.95. The molecule has 0 fully saturated rings. The number of hydrogen-bond donors (Lipinski definition) is 0. The lowest BCUT2D eigenvalue weighted by Gasteiger charge is -2.21. The van der Waals surface area contributed by atoms with Crippen LogP contribution in [0.2, 0.25) is 0 Å². The van der Waals surface area contributed by atoms with Crippen LogP contribution in [-0.2, 0) is 10.8 Å². The third-order valence-electron chi connectivity index (χ3n) is 7.40. The van der Waals surface area contributed by atoms with E-state index < -0.39 is 0 Å². The van der Waals surface area contributed by atoms with Crippen LogP contribution in [0.1, 0.15) is 51.6 Å². The zero-order valence-electron chi connectivity index (χ0n) is 22.1.